The molecule has 0 saturated carbocycles. The molecule has 0 aromatic carbocycles. The first-order valence-electron chi connectivity index (χ1n) is 7.37. The molecule has 23 heavy (non-hydrogen) atoms. The Morgan fingerprint density at radius 2 is 2.00 bits per heavy atom. The van der Waals surface area contributed by atoms with Gasteiger partial charge in [-0.1, -0.05) is 24.0 Å². The van der Waals surface area contributed by atoms with Gasteiger partial charge in [-0.25, -0.2) is 0 Å². The molecule has 0 bridgehead atoms. The normalized spacial score (nSPS) is 16.7. The zero-order chi connectivity index (χ0) is 16.6. The highest BCUT2D eigenvalue weighted by molar-refractivity contribution is 8.26. The van der Waals surface area contributed by atoms with Crippen LogP contribution in [0.15, 0.2) is 35.5 Å². The van der Waals surface area contributed by atoms with Crippen LogP contribution in [0, 0.1) is 13.8 Å². The van der Waals surface area contributed by atoms with Crippen molar-refractivity contribution >= 4 is 40.3 Å². The Hall–Kier alpha value is -1.92. The van der Waals surface area contributed by atoms with Gasteiger partial charge in [-0.05, 0) is 50.6 Å². The van der Waals surface area contributed by atoms with Gasteiger partial charge in [0.1, 0.15) is 4.32 Å². The van der Waals surface area contributed by atoms with Crippen LogP contribution in [0.5, 0.6) is 0 Å². The van der Waals surface area contributed by atoms with Crippen molar-refractivity contribution in [1.29, 1.82) is 0 Å². The molecular formula is C17H17N3OS2. The van der Waals surface area contributed by atoms with Crippen LogP contribution in [-0.2, 0) is 4.79 Å². The minimum Gasteiger partial charge on any atom is -0.318 e. The first-order chi connectivity index (χ1) is 11.0. The van der Waals surface area contributed by atoms with Crippen molar-refractivity contribution in [2.45, 2.75) is 20.8 Å². The van der Waals surface area contributed by atoms with Gasteiger partial charge in [0.2, 0.25) is 0 Å². The number of hydrogen-bond acceptors (Lipinski definition) is 4. The largest absolute Gasteiger partial charge is 0.318 e. The van der Waals surface area contributed by atoms with E-state index in [1.807, 2.05) is 25.1 Å². The molecule has 2 aromatic rings. The molecule has 0 N–H and O–H groups in total. The smallest absolute Gasteiger partial charge is 0.266 e. The van der Waals surface area contributed by atoms with Crippen molar-refractivity contribution in [2.24, 2.45) is 0 Å². The van der Waals surface area contributed by atoms with Gasteiger partial charge in [0.05, 0.1) is 4.91 Å². The molecule has 2 aromatic heterocycles. The summed E-state index contributed by atoms with van der Waals surface area (Å²) >= 11 is 6.64. The third kappa shape index (κ3) is 2.84. The standard InChI is InChI=1S/C17H17N3OS2/c1-4-19-16(21)15(23-17(19)22)10-13-9-11(2)20(12(13)3)14-5-7-18-8-6-14/h5-10H,4H2,1-3H3/b15-10-. The number of pyridine rings is 1. The second kappa shape index (κ2) is 6.29. The SMILES string of the molecule is CCN1C(=O)/C(=C/c2cc(C)n(-c3ccncc3)c2C)SC1=S. The fourth-order valence-electron chi connectivity index (χ4n) is 2.74. The summed E-state index contributed by atoms with van der Waals surface area (Å²) in [5.74, 6) is -0.00351. The highest BCUT2D eigenvalue weighted by Crippen LogP contribution is 2.33. The van der Waals surface area contributed by atoms with Gasteiger partial charge in [0.25, 0.3) is 5.91 Å². The molecule has 1 aliphatic heterocycles. The van der Waals surface area contributed by atoms with Crippen molar-refractivity contribution in [3.8, 4) is 5.69 Å². The van der Waals surface area contributed by atoms with E-state index < -0.39 is 0 Å². The number of aromatic nitrogens is 2. The molecule has 3 rings (SSSR count). The lowest BCUT2D eigenvalue weighted by atomic mass is 10.2. The van der Waals surface area contributed by atoms with Crippen LogP contribution in [0.2, 0.25) is 0 Å². The molecule has 1 amide bonds. The Morgan fingerprint density at radius 3 is 2.61 bits per heavy atom. The minimum atomic E-state index is -0.00351. The Bertz CT molecular complexity index is 809. The van der Waals surface area contributed by atoms with Crippen molar-refractivity contribution < 1.29 is 4.79 Å². The zero-order valence-corrected chi connectivity index (χ0v) is 14.9. The van der Waals surface area contributed by atoms with Crippen LogP contribution in [-0.4, -0.2) is 31.2 Å². The van der Waals surface area contributed by atoms with E-state index in [2.05, 4.69) is 29.5 Å². The van der Waals surface area contributed by atoms with Crippen LogP contribution in [0.25, 0.3) is 11.8 Å². The quantitative estimate of drug-likeness (QED) is 0.629. The number of carbonyl (C=O) groups excluding carboxylic acids is 1. The van der Waals surface area contributed by atoms with E-state index in [1.54, 1.807) is 17.3 Å². The third-order valence-corrected chi connectivity index (χ3v) is 5.25. The molecule has 3 heterocycles. The molecule has 1 fully saturated rings. The average Bonchev–Trinajstić information content (AvgIpc) is 2.96. The summed E-state index contributed by atoms with van der Waals surface area (Å²) < 4.78 is 2.79. The number of carbonyl (C=O) groups is 1. The molecule has 1 saturated heterocycles. The van der Waals surface area contributed by atoms with E-state index in [9.17, 15) is 4.79 Å². The topological polar surface area (TPSA) is 38.1 Å². The predicted molar refractivity (Wildman–Crippen MR) is 98.6 cm³/mol. The van der Waals surface area contributed by atoms with Crippen molar-refractivity contribution in [1.82, 2.24) is 14.5 Å². The number of amides is 1. The summed E-state index contributed by atoms with van der Waals surface area (Å²) in [7, 11) is 0. The van der Waals surface area contributed by atoms with Gasteiger partial charge >= 0.3 is 0 Å². The van der Waals surface area contributed by atoms with Gasteiger partial charge in [0.15, 0.2) is 0 Å². The van der Waals surface area contributed by atoms with Gasteiger partial charge in [0, 0.05) is 36.0 Å². The summed E-state index contributed by atoms with van der Waals surface area (Å²) in [5.41, 5.74) is 4.31. The molecule has 6 heteroatoms. The third-order valence-electron chi connectivity index (χ3n) is 3.87. The highest BCUT2D eigenvalue weighted by Gasteiger charge is 2.30. The summed E-state index contributed by atoms with van der Waals surface area (Å²) in [6, 6.07) is 6.04. The van der Waals surface area contributed by atoms with Crippen LogP contribution < -0.4 is 0 Å². The monoisotopic (exact) mass is 343 g/mol. The maximum absolute atomic E-state index is 12.4. The van der Waals surface area contributed by atoms with E-state index in [0.29, 0.717) is 15.8 Å². The molecule has 0 radical (unpaired) electrons. The number of likely N-dealkylation sites (N-methyl/N-ethyl adjacent to an activating group) is 1. The molecule has 118 valence electrons. The number of rotatable bonds is 3. The summed E-state index contributed by atoms with van der Waals surface area (Å²) in [6.07, 6.45) is 5.50. The lowest BCUT2D eigenvalue weighted by molar-refractivity contribution is -0.121. The van der Waals surface area contributed by atoms with Crippen LogP contribution in [0.3, 0.4) is 0 Å². The van der Waals surface area contributed by atoms with E-state index in [1.165, 1.54) is 11.8 Å². The van der Waals surface area contributed by atoms with Gasteiger partial charge < -0.3 is 4.57 Å². The fraction of sp³-hybridized carbons (Fsp3) is 0.235. The number of aryl methyl sites for hydroxylation is 1. The Morgan fingerprint density at radius 1 is 1.30 bits per heavy atom. The number of thioether (sulfide) groups is 1. The highest BCUT2D eigenvalue weighted by atomic mass is 32.2. The first kappa shape index (κ1) is 16.0. The van der Waals surface area contributed by atoms with Crippen molar-refractivity contribution in [3.63, 3.8) is 0 Å². The minimum absolute atomic E-state index is 0.00351. The predicted octanol–water partition coefficient (Wildman–Crippen LogP) is 3.71. The van der Waals surface area contributed by atoms with Crippen LogP contribution in [0.4, 0.5) is 0 Å². The first-order valence-corrected chi connectivity index (χ1v) is 8.60. The van der Waals surface area contributed by atoms with E-state index in [0.717, 1.165) is 22.6 Å². The zero-order valence-electron chi connectivity index (χ0n) is 13.2. The van der Waals surface area contributed by atoms with E-state index in [4.69, 9.17) is 12.2 Å². The number of hydrogen-bond donors (Lipinski definition) is 0. The molecule has 0 spiro atoms. The summed E-state index contributed by atoms with van der Waals surface area (Å²) in [6.45, 7) is 6.66. The number of nitrogens with zero attached hydrogens (tertiary/aromatic N) is 3. The average molecular weight is 343 g/mol. The lowest BCUT2D eigenvalue weighted by Gasteiger charge is -2.09. The maximum atomic E-state index is 12.4. The van der Waals surface area contributed by atoms with Gasteiger partial charge in [-0.2, -0.15) is 0 Å². The Kier molecular flexibility index (Phi) is 4.37. The Labute approximate surface area is 145 Å². The molecule has 0 aliphatic carbocycles. The lowest BCUT2D eigenvalue weighted by Crippen LogP contribution is -2.27. The Balaban J connectivity index is 2.02. The molecular weight excluding hydrogens is 326 g/mol. The molecule has 0 atom stereocenters. The van der Waals surface area contributed by atoms with Crippen molar-refractivity contribution in [3.05, 3.63) is 52.4 Å². The van der Waals surface area contributed by atoms with Crippen LogP contribution in [0.1, 0.15) is 23.9 Å². The maximum Gasteiger partial charge on any atom is 0.266 e. The molecule has 1 aliphatic rings. The number of thiocarbonyl (C=S) groups is 1. The van der Waals surface area contributed by atoms with Gasteiger partial charge in [-0.15, -0.1) is 0 Å². The van der Waals surface area contributed by atoms with Gasteiger partial charge in [-0.3, -0.25) is 14.7 Å². The second-order valence-electron chi connectivity index (χ2n) is 5.29. The van der Waals surface area contributed by atoms with Crippen molar-refractivity contribution in [2.75, 3.05) is 6.54 Å². The summed E-state index contributed by atoms with van der Waals surface area (Å²) in [5, 5.41) is 0. The summed E-state index contributed by atoms with van der Waals surface area (Å²) in [4.78, 5) is 18.7. The van der Waals surface area contributed by atoms with Crippen LogP contribution >= 0.6 is 24.0 Å². The van der Waals surface area contributed by atoms with E-state index in [-0.39, 0.29) is 5.91 Å². The molecule has 0 unspecified atom stereocenters. The fourth-order valence-corrected chi connectivity index (χ4v) is 4.11. The molecule has 4 nitrogen and oxygen atoms in total. The van der Waals surface area contributed by atoms with E-state index >= 15 is 0 Å². The second-order valence-corrected chi connectivity index (χ2v) is 6.97.